The zero-order valence-electron chi connectivity index (χ0n) is 12.8. The van der Waals surface area contributed by atoms with Gasteiger partial charge in [0.05, 0.1) is 18.3 Å². The van der Waals surface area contributed by atoms with Crippen LogP contribution in [0.25, 0.3) is 0 Å². The summed E-state index contributed by atoms with van der Waals surface area (Å²) >= 11 is 1.51. The monoisotopic (exact) mass is 334 g/mol. The Morgan fingerprint density at radius 2 is 2.43 bits per heavy atom. The number of carbonyl (C=O) groups is 1. The van der Waals surface area contributed by atoms with Crippen LogP contribution in [0.3, 0.4) is 0 Å². The molecule has 7 nitrogen and oxygen atoms in total. The molecule has 3 heterocycles. The summed E-state index contributed by atoms with van der Waals surface area (Å²) in [4.78, 5) is 30.1. The number of anilines is 1. The van der Waals surface area contributed by atoms with Gasteiger partial charge < -0.3 is 19.5 Å². The zero-order chi connectivity index (χ0) is 16.2. The molecule has 3 rings (SSSR count). The molecule has 2 aromatic heterocycles. The average molecular weight is 334 g/mol. The predicted octanol–water partition coefficient (Wildman–Crippen LogP) is 0.795. The van der Waals surface area contributed by atoms with Crippen LogP contribution in [0.15, 0.2) is 34.0 Å². The van der Waals surface area contributed by atoms with Gasteiger partial charge in [0.25, 0.3) is 11.5 Å². The van der Waals surface area contributed by atoms with Crippen LogP contribution in [0.5, 0.6) is 0 Å². The Morgan fingerprint density at radius 1 is 1.57 bits per heavy atom. The maximum atomic E-state index is 12.4. The van der Waals surface area contributed by atoms with Gasteiger partial charge in [-0.25, -0.2) is 4.98 Å². The number of thiophene rings is 1. The number of rotatable bonds is 4. The maximum Gasteiger partial charge on any atom is 0.293 e. The second-order valence-corrected chi connectivity index (χ2v) is 6.11. The third-order valence-electron chi connectivity index (χ3n) is 3.71. The first kappa shape index (κ1) is 15.7. The summed E-state index contributed by atoms with van der Waals surface area (Å²) < 4.78 is 7.14. The summed E-state index contributed by atoms with van der Waals surface area (Å²) in [6.45, 7) is 1.99. The molecule has 0 aromatic carbocycles. The van der Waals surface area contributed by atoms with Crippen LogP contribution in [-0.4, -0.2) is 52.7 Å². The number of aryl methyl sites for hydroxylation is 1. The largest absolute Gasteiger partial charge is 0.373 e. The summed E-state index contributed by atoms with van der Waals surface area (Å²) in [6, 6.07) is 1.83. The third kappa shape index (κ3) is 3.59. The van der Waals surface area contributed by atoms with Crippen molar-refractivity contribution in [2.75, 3.05) is 31.6 Å². The lowest BCUT2D eigenvalue weighted by atomic mass is 10.2. The SMILES string of the molecule is Cn1ccnc(NCC2CN(C(=O)c3ccsc3)CCO2)c1=O. The number of hydrogen-bond donors (Lipinski definition) is 1. The normalized spacial score (nSPS) is 18.0. The van der Waals surface area contributed by atoms with E-state index in [1.54, 1.807) is 24.3 Å². The van der Waals surface area contributed by atoms with Crippen molar-refractivity contribution in [3.63, 3.8) is 0 Å². The van der Waals surface area contributed by atoms with Gasteiger partial charge in [-0.15, -0.1) is 0 Å². The van der Waals surface area contributed by atoms with E-state index >= 15 is 0 Å². The van der Waals surface area contributed by atoms with Crippen molar-refractivity contribution in [1.82, 2.24) is 14.5 Å². The van der Waals surface area contributed by atoms with Crippen LogP contribution in [-0.2, 0) is 11.8 Å². The minimum atomic E-state index is -0.186. The minimum Gasteiger partial charge on any atom is -0.373 e. The van der Waals surface area contributed by atoms with E-state index in [-0.39, 0.29) is 17.6 Å². The number of aromatic nitrogens is 2. The summed E-state index contributed by atoms with van der Waals surface area (Å²) in [5.74, 6) is 0.313. The van der Waals surface area contributed by atoms with Gasteiger partial charge in [-0.3, -0.25) is 9.59 Å². The molecule has 0 aliphatic carbocycles. The highest BCUT2D eigenvalue weighted by molar-refractivity contribution is 7.08. The highest BCUT2D eigenvalue weighted by Gasteiger charge is 2.25. The predicted molar refractivity (Wildman–Crippen MR) is 87.9 cm³/mol. The fraction of sp³-hybridized carbons (Fsp3) is 0.400. The van der Waals surface area contributed by atoms with Gasteiger partial charge in [-0.2, -0.15) is 11.3 Å². The van der Waals surface area contributed by atoms with Crippen LogP contribution in [0.1, 0.15) is 10.4 Å². The second kappa shape index (κ2) is 6.93. The molecule has 1 saturated heterocycles. The van der Waals surface area contributed by atoms with Gasteiger partial charge >= 0.3 is 0 Å². The topological polar surface area (TPSA) is 76.5 Å². The Morgan fingerprint density at radius 3 is 3.22 bits per heavy atom. The zero-order valence-corrected chi connectivity index (χ0v) is 13.6. The molecule has 0 bridgehead atoms. The molecule has 8 heteroatoms. The van der Waals surface area contributed by atoms with Gasteiger partial charge in [-0.1, -0.05) is 0 Å². The van der Waals surface area contributed by atoms with Gasteiger partial charge in [0.1, 0.15) is 0 Å². The summed E-state index contributed by atoms with van der Waals surface area (Å²) in [6.07, 6.45) is 3.00. The fourth-order valence-corrected chi connectivity index (χ4v) is 3.06. The number of hydrogen-bond acceptors (Lipinski definition) is 6. The van der Waals surface area contributed by atoms with E-state index in [1.807, 2.05) is 16.8 Å². The Balaban J connectivity index is 1.60. The van der Waals surface area contributed by atoms with Crippen molar-refractivity contribution in [2.24, 2.45) is 7.05 Å². The molecule has 1 amide bonds. The van der Waals surface area contributed by atoms with E-state index in [1.165, 1.54) is 15.9 Å². The lowest BCUT2D eigenvalue weighted by Gasteiger charge is -2.33. The number of amides is 1. The maximum absolute atomic E-state index is 12.4. The molecular weight excluding hydrogens is 316 g/mol. The Labute approximate surface area is 137 Å². The Kier molecular flexibility index (Phi) is 4.73. The van der Waals surface area contributed by atoms with Crippen LogP contribution in [0.2, 0.25) is 0 Å². The Bertz CT molecular complexity index is 729. The van der Waals surface area contributed by atoms with E-state index in [2.05, 4.69) is 10.3 Å². The molecule has 1 aliphatic rings. The summed E-state index contributed by atoms with van der Waals surface area (Å²) in [5.41, 5.74) is 0.525. The van der Waals surface area contributed by atoms with E-state index in [4.69, 9.17) is 4.74 Å². The van der Waals surface area contributed by atoms with Crippen molar-refractivity contribution < 1.29 is 9.53 Å². The van der Waals surface area contributed by atoms with Crippen molar-refractivity contribution in [3.8, 4) is 0 Å². The molecule has 0 saturated carbocycles. The van der Waals surface area contributed by atoms with Crippen LogP contribution in [0, 0.1) is 0 Å². The molecule has 0 spiro atoms. The first-order valence-corrected chi connectivity index (χ1v) is 8.28. The lowest BCUT2D eigenvalue weighted by molar-refractivity contribution is -0.0149. The van der Waals surface area contributed by atoms with Gasteiger partial charge in [-0.05, 0) is 11.4 Å². The molecule has 1 unspecified atom stereocenters. The average Bonchev–Trinajstić information content (AvgIpc) is 3.10. The Hall–Kier alpha value is -2.19. The number of nitrogens with zero attached hydrogens (tertiary/aromatic N) is 3. The minimum absolute atomic E-state index is 0.0216. The molecule has 1 atom stereocenters. The number of ether oxygens (including phenoxy) is 1. The van der Waals surface area contributed by atoms with Crippen molar-refractivity contribution in [2.45, 2.75) is 6.10 Å². The van der Waals surface area contributed by atoms with E-state index < -0.39 is 0 Å². The highest BCUT2D eigenvalue weighted by atomic mass is 32.1. The van der Waals surface area contributed by atoms with Crippen molar-refractivity contribution >= 4 is 23.1 Å². The lowest BCUT2D eigenvalue weighted by Crippen LogP contribution is -2.48. The first-order chi connectivity index (χ1) is 11.1. The van der Waals surface area contributed by atoms with E-state index in [0.717, 1.165) is 0 Å². The van der Waals surface area contributed by atoms with Crippen molar-refractivity contribution in [1.29, 1.82) is 0 Å². The molecule has 1 aliphatic heterocycles. The van der Waals surface area contributed by atoms with Crippen LogP contribution >= 0.6 is 11.3 Å². The van der Waals surface area contributed by atoms with Crippen LogP contribution < -0.4 is 10.9 Å². The molecule has 2 aromatic rings. The number of morpholine rings is 1. The standard InChI is InChI=1S/C15H18N4O3S/c1-18-4-3-16-13(15(18)21)17-8-12-9-19(5-6-22-12)14(20)11-2-7-23-10-11/h2-4,7,10,12H,5-6,8-9H2,1H3,(H,16,17). The molecule has 1 N–H and O–H groups in total. The summed E-state index contributed by atoms with van der Waals surface area (Å²) in [7, 11) is 1.67. The van der Waals surface area contributed by atoms with E-state index in [9.17, 15) is 9.59 Å². The fourth-order valence-electron chi connectivity index (χ4n) is 2.43. The van der Waals surface area contributed by atoms with Gasteiger partial charge in [0.2, 0.25) is 0 Å². The van der Waals surface area contributed by atoms with Gasteiger partial charge in [0.15, 0.2) is 5.82 Å². The highest BCUT2D eigenvalue weighted by Crippen LogP contribution is 2.13. The molecular formula is C15H18N4O3S. The van der Waals surface area contributed by atoms with Gasteiger partial charge in [0, 0.05) is 44.5 Å². The number of carbonyl (C=O) groups excluding carboxylic acids is 1. The van der Waals surface area contributed by atoms with Crippen molar-refractivity contribution in [3.05, 3.63) is 45.1 Å². The molecule has 1 fully saturated rings. The molecule has 0 radical (unpaired) electrons. The second-order valence-electron chi connectivity index (χ2n) is 5.33. The first-order valence-electron chi connectivity index (χ1n) is 7.33. The molecule has 23 heavy (non-hydrogen) atoms. The number of nitrogens with one attached hydrogen (secondary N) is 1. The summed E-state index contributed by atoms with van der Waals surface area (Å²) in [5, 5.41) is 6.75. The van der Waals surface area contributed by atoms with Crippen LogP contribution in [0.4, 0.5) is 5.82 Å². The quantitative estimate of drug-likeness (QED) is 0.895. The van der Waals surface area contributed by atoms with E-state index in [0.29, 0.717) is 37.6 Å². The third-order valence-corrected chi connectivity index (χ3v) is 4.39. The molecule has 122 valence electrons. The smallest absolute Gasteiger partial charge is 0.293 e.